The molecule has 21 heavy (non-hydrogen) atoms. The molecule has 0 spiro atoms. The second kappa shape index (κ2) is 4.64. The van der Waals surface area contributed by atoms with E-state index in [1.54, 1.807) is 11.5 Å². The van der Waals surface area contributed by atoms with Gasteiger partial charge in [-0.1, -0.05) is 22.7 Å². The van der Waals surface area contributed by atoms with Crippen LogP contribution in [0.25, 0.3) is 17.8 Å². The van der Waals surface area contributed by atoms with Crippen molar-refractivity contribution < 1.29 is 4.42 Å². The number of oxazole rings is 1. The number of rotatable bonds is 1. The molecule has 0 saturated carbocycles. The largest absolute Gasteiger partial charge is 0.402 e. The molecule has 3 aromatic rings. The van der Waals surface area contributed by atoms with Crippen LogP contribution in [0, 0.1) is 0 Å². The maximum absolute atomic E-state index is 11.9. The maximum atomic E-state index is 11.9. The molecule has 0 saturated heterocycles. The predicted octanol–water partition coefficient (Wildman–Crippen LogP) is -1.13. The van der Waals surface area contributed by atoms with E-state index in [0.29, 0.717) is 22.3 Å². The van der Waals surface area contributed by atoms with Crippen LogP contribution in [0.15, 0.2) is 43.8 Å². The van der Waals surface area contributed by atoms with E-state index in [1.165, 1.54) is 11.5 Å². The monoisotopic (exact) mass is 296 g/mol. The van der Waals surface area contributed by atoms with Gasteiger partial charge in [0.2, 0.25) is 5.55 Å². The summed E-state index contributed by atoms with van der Waals surface area (Å²) in [5.74, 6) is 0. The van der Waals surface area contributed by atoms with Crippen molar-refractivity contribution in [3.05, 3.63) is 67.2 Å². The Bertz CT molecular complexity index is 1070. The molecule has 0 bridgehead atoms. The first kappa shape index (κ1) is 12.0. The average Bonchev–Trinajstić information content (AvgIpc) is 3.19. The number of nitrogens with one attached hydrogen (secondary N) is 1. The third-order valence-corrected chi connectivity index (χ3v) is 3.56. The SMILES string of the molecule is O=c1o/c(=C2\C=c3ccccc3=N2)[nH]/c1=C/c1csnn1. The summed E-state index contributed by atoms with van der Waals surface area (Å²) in [6, 6.07) is 7.72. The van der Waals surface area contributed by atoms with Crippen molar-refractivity contribution in [3.8, 4) is 0 Å². The van der Waals surface area contributed by atoms with Crippen molar-refractivity contribution in [2.75, 3.05) is 0 Å². The van der Waals surface area contributed by atoms with Gasteiger partial charge in [-0.2, -0.15) is 0 Å². The van der Waals surface area contributed by atoms with E-state index < -0.39 is 5.63 Å². The van der Waals surface area contributed by atoms with Crippen LogP contribution in [-0.4, -0.2) is 14.6 Å². The van der Waals surface area contributed by atoms with Gasteiger partial charge in [-0.15, -0.1) is 5.10 Å². The van der Waals surface area contributed by atoms with Gasteiger partial charge in [-0.05, 0) is 29.8 Å². The smallest absolute Gasteiger partial charge is 0.361 e. The third kappa shape index (κ3) is 2.13. The van der Waals surface area contributed by atoms with Gasteiger partial charge in [-0.3, -0.25) is 0 Å². The zero-order valence-electron chi connectivity index (χ0n) is 10.6. The van der Waals surface area contributed by atoms with Crippen LogP contribution >= 0.6 is 11.5 Å². The molecule has 0 atom stereocenters. The quantitative estimate of drug-likeness (QED) is 0.616. The molecule has 102 valence electrons. The Hall–Kier alpha value is -2.80. The fourth-order valence-corrected chi connectivity index (χ4v) is 2.49. The molecular formula is C14H8N4O2S. The Morgan fingerprint density at radius 2 is 2.19 bits per heavy atom. The number of fused-ring (bicyclic) bond motifs is 1. The van der Waals surface area contributed by atoms with Gasteiger partial charge in [0.15, 0.2) is 0 Å². The summed E-state index contributed by atoms with van der Waals surface area (Å²) in [7, 11) is 0. The van der Waals surface area contributed by atoms with Crippen molar-refractivity contribution in [1.29, 1.82) is 0 Å². The van der Waals surface area contributed by atoms with Gasteiger partial charge in [0.1, 0.15) is 16.7 Å². The van der Waals surface area contributed by atoms with E-state index in [0.717, 1.165) is 10.6 Å². The van der Waals surface area contributed by atoms with Crippen LogP contribution in [0.1, 0.15) is 5.69 Å². The van der Waals surface area contributed by atoms with Crippen LogP contribution in [0.3, 0.4) is 0 Å². The second-order valence-electron chi connectivity index (χ2n) is 4.43. The zero-order valence-corrected chi connectivity index (χ0v) is 11.4. The molecule has 1 aliphatic rings. The minimum atomic E-state index is -0.454. The van der Waals surface area contributed by atoms with E-state index >= 15 is 0 Å². The third-order valence-electron chi connectivity index (χ3n) is 3.03. The molecule has 1 aliphatic heterocycles. The summed E-state index contributed by atoms with van der Waals surface area (Å²) >= 11 is 1.22. The maximum Gasteiger partial charge on any atom is 0.361 e. The minimum Gasteiger partial charge on any atom is -0.402 e. The summed E-state index contributed by atoms with van der Waals surface area (Å²) in [5.41, 5.74) is 1.10. The summed E-state index contributed by atoms with van der Waals surface area (Å²) < 4.78 is 8.97. The molecule has 0 amide bonds. The van der Waals surface area contributed by atoms with Gasteiger partial charge in [-0.25, -0.2) is 9.79 Å². The molecule has 7 heteroatoms. The molecule has 0 fully saturated rings. The molecule has 4 rings (SSSR count). The highest BCUT2D eigenvalue weighted by Gasteiger charge is 2.05. The second-order valence-corrected chi connectivity index (χ2v) is 5.04. The lowest BCUT2D eigenvalue weighted by molar-refractivity contribution is 0.484. The summed E-state index contributed by atoms with van der Waals surface area (Å²) in [6.45, 7) is 0. The Morgan fingerprint density at radius 1 is 1.29 bits per heavy atom. The molecule has 1 N–H and O–H groups in total. The number of benzene rings is 1. The fourth-order valence-electron chi connectivity index (χ4n) is 2.08. The molecular weight excluding hydrogens is 288 g/mol. The first-order valence-corrected chi connectivity index (χ1v) is 7.01. The number of hydrogen-bond donors (Lipinski definition) is 1. The molecule has 3 heterocycles. The van der Waals surface area contributed by atoms with E-state index in [1.807, 2.05) is 30.3 Å². The van der Waals surface area contributed by atoms with Crippen molar-refractivity contribution >= 4 is 29.4 Å². The van der Waals surface area contributed by atoms with Crippen LogP contribution < -0.4 is 27.1 Å². The Balaban J connectivity index is 1.95. The molecule has 6 nitrogen and oxygen atoms in total. The van der Waals surface area contributed by atoms with Crippen LogP contribution in [0.4, 0.5) is 0 Å². The number of aromatic amines is 1. The highest BCUT2D eigenvalue weighted by molar-refractivity contribution is 7.03. The van der Waals surface area contributed by atoms with Gasteiger partial charge in [0.05, 0.1) is 5.36 Å². The van der Waals surface area contributed by atoms with Crippen LogP contribution in [0.5, 0.6) is 0 Å². The predicted molar refractivity (Wildman–Crippen MR) is 77.2 cm³/mol. The summed E-state index contributed by atoms with van der Waals surface area (Å²) in [6.07, 6.45) is 3.47. The van der Waals surface area contributed by atoms with Gasteiger partial charge >= 0.3 is 5.63 Å². The summed E-state index contributed by atoms with van der Waals surface area (Å²) in [5, 5.41) is 7.79. The molecule has 0 radical (unpaired) electrons. The van der Waals surface area contributed by atoms with Crippen molar-refractivity contribution in [3.63, 3.8) is 0 Å². The normalized spacial score (nSPS) is 16.5. The van der Waals surface area contributed by atoms with Gasteiger partial charge in [0, 0.05) is 10.6 Å². The van der Waals surface area contributed by atoms with Crippen molar-refractivity contribution in [1.82, 2.24) is 14.6 Å². The van der Waals surface area contributed by atoms with Crippen LogP contribution in [0.2, 0.25) is 0 Å². The van der Waals surface area contributed by atoms with Crippen LogP contribution in [-0.2, 0) is 0 Å². The molecule has 1 aromatic carbocycles. The zero-order chi connectivity index (χ0) is 14.2. The Kier molecular flexibility index (Phi) is 2.65. The lowest BCUT2D eigenvalue weighted by Crippen LogP contribution is -2.21. The molecule has 2 aromatic heterocycles. The van der Waals surface area contributed by atoms with Crippen molar-refractivity contribution in [2.45, 2.75) is 0 Å². The first-order valence-electron chi connectivity index (χ1n) is 6.17. The van der Waals surface area contributed by atoms with Gasteiger partial charge < -0.3 is 9.40 Å². The fraction of sp³-hybridized carbons (Fsp3) is 0. The standard InChI is InChI=1S/C14H8N4O2S/c19-14-12(6-9-7-21-18-17-9)16-13(20-14)11-5-8-3-1-2-4-10(8)15-11/h1-7,16H/b12-6+,13-11+. The highest BCUT2D eigenvalue weighted by Crippen LogP contribution is 1.98. The number of nitrogens with zero attached hydrogens (tertiary/aromatic N) is 3. The average molecular weight is 296 g/mol. The minimum absolute atomic E-state index is 0.324. The topological polar surface area (TPSA) is 84.1 Å². The summed E-state index contributed by atoms with van der Waals surface area (Å²) in [4.78, 5) is 19.2. The lowest BCUT2D eigenvalue weighted by Gasteiger charge is -1.82. The molecule has 0 aliphatic carbocycles. The first-order chi connectivity index (χ1) is 10.3. The van der Waals surface area contributed by atoms with E-state index in [4.69, 9.17) is 4.42 Å². The Morgan fingerprint density at radius 3 is 3.00 bits per heavy atom. The Labute approximate surface area is 121 Å². The highest BCUT2D eigenvalue weighted by atomic mass is 32.1. The lowest BCUT2D eigenvalue weighted by atomic mass is 10.3. The van der Waals surface area contributed by atoms with E-state index in [-0.39, 0.29) is 0 Å². The van der Waals surface area contributed by atoms with E-state index in [2.05, 4.69) is 19.6 Å². The van der Waals surface area contributed by atoms with Gasteiger partial charge in [0.25, 0.3) is 0 Å². The number of aromatic nitrogens is 3. The molecule has 0 unspecified atom stereocenters. The van der Waals surface area contributed by atoms with Crippen molar-refractivity contribution in [2.24, 2.45) is 4.99 Å². The number of H-pyrrole nitrogens is 1. The number of hydrogen-bond acceptors (Lipinski definition) is 6. The number of para-hydroxylation sites is 1. The van der Waals surface area contributed by atoms with E-state index in [9.17, 15) is 4.79 Å².